The molecule has 0 aliphatic rings. The molecule has 0 fully saturated rings. The van der Waals surface area contributed by atoms with Gasteiger partial charge < -0.3 is 15.6 Å². The van der Waals surface area contributed by atoms with Crippen LogP contribution in [0.1, 0.15) is 13.3 Å². The van der Waals surface area contributed by atoms with Crippen molar-refractivity contribution in [3.05, 3.63) is 0 Å². The molecule has 0 aromatic carbocycles. The molecule has 84 valence electrons. The van der Waals surface area contributed by atoms with Gasteiger partial charge in [-0.3, -0.25) is 4.90 Å². The van der Waals surface area contributed by atoms with Crippen LogP contribution in [0.2, 0.25) is 0 Å². The maximum Gasteiger partial charge on any atom is 0.0870 e. The molecule has 0 radical (unpaired) electrons. The highest BCUT2D eigenvalue weighted by Crippen LogP contribution is 1.91. The molecule has 0 heterocycles. The molecule has 0 saturated heterocycles. The minimum absolute atomic E-state index is 0.0725. The van der Waals surface area contributed by atoms with E-state index < -0.39 is 0 Å². The fourth-order valence-electron chi connectivity index (χ4n) is 1.17. The molecule has 0 spiro atoms. The monoisotopic (exact) mass is 220 g/mol. The predicted octanol–water partition coefficient (Wildman–Crippen LogP) is -0.00660. The van der Waals surface area contributed by atoms with E-state index in [4.69, 9.17) is 27.8 Å². The molecule has 0 aliphatic heterocycles. The van der Waals surface area contributed by atoms with Crippen molar-refractivity contribution < 1.29 is 9.84 Å². The summed E-state index contributed by atoms with van der Waals surface area (Å²) in [4.78, 5) is 2.67. The average molecular weight is 220 g/mol. The Morgan fingerprint density at radius 2 is 2.14 bits per heavy atom. The maximum atomic E-state index is 8.50. The van der Waals surface area contributed by atoms with Crippen molar-refractivity contribution in [1.29, 1.82) is 0 Å². The summed E-state index contributed by atoms with van der Waals surface area (Å²) in [6.45, 7) is 5.62. The molecule has 0 rings (SSSR count). The van der Waals surface area contributed by atoms with Gasteiger partial charge in [0.25, 0.3) is 0 Å². The summed E-state index contributed by atoms with van der Waals surface area (Å²) in [5.41, 5.74) is 5.46. The molecule has 5 heteroatoms. The number of hydrogen-bond donors (Lipinski definition) is 2. The van der Waals surface area contributed by atoms with E-state index in [2.05, 4.69) is 11.8 Å². The van der Waals surface area contributed by atoms with Crippen LogP contribution in [0.4, 0.5) is 0 Å². The molecule has 14 heavy (non-hydrogen) atoms. The Bertz CT molecular complexity index is 156. The fourth-order valence-corrected chi connectivity index (χ4v) is 1.35. The molecule has 0 unspecified atom stereocenters. The van der Waals surface area contributed by atoms with Gasteiger partial charge in [0.05, 0.1) is 24.8 Å². The smallest absolute Gasteiger partial charge is 0.0870 e. The van der Waals surface area contributed by atoms with Gasteiger partial charge in [-0.05, 0) is 13.0 Å². The summed E-state index contributed by atoms with van der Waals surface area (Å²) in [5.74, 6) is 0. The second-order valence-electron chi connectivity index (χ2n) is 3.08. The van der Waals surface area contributed by atoms with E-state index in [1.165, 1.54) is 0 Å². The largest absolute Gasteiger partial charge is 0.394 e. The summed E-state index contributed by atoms with van der Waals surface area (Å²) < 4.78 is 5.17. The van der Waals surface area contributed by atoms with Gasteiger partial charge in [0.1, 0.15) is 0 Å². The number of hydrogen-bond acceptors (Lipinski definition) is 4. The maximum absolute atomic E-state index is 8.50. The van der Waals surface area contributed by atoms with Gasteiger partial charge in [0.15, 0.2) is 0 Å². The molecule has 3 N–H and O–H groups in total. The van der Waals surface area contributed by atoms with Crippen molar-refractivity contribution in [2.75, 3.05) is 39.5 Å². The lowest BCUT2D eigenvalue weighted by Crippen LogP contribution is -2.35. The van der Waals surface area contributed by atoms with Crippen LogP contribution < -0.4 is 5.73 Å². The van der Waals surface area contributed by atoms with E-state index in [9.17, 15) is 0 Å². The number of aliphatic hydroxyl groups excluding tert-OH is 1. The van der Waals surface area contributed by atoms with Crippen LogP contribution in [0.25, 0.3) is 0 Å². The van der Waals surface area contributed by atoms with Crippen molar-refractivity contribution in [3.8, 4) is 0 Å². The summed E-state index contributed by atoms with van der Waals surface area (Å²) in [5, 5.41) is 8.50. The highest BCUT2D eigenvalue weighted by Gasteiger charge is 2.04. The molecule has 0 amide bonds. The van der Waals surface area contributed by atoms with E-state index in [1.54, 1.807) is 0 Å². The second kappa shape index (κ2) is 9.33. The first-order valence-electron chi connectivity index (χ1n) is 4.90. The highest BCUT2D eigenvalue weighted by atomic mass is 32.1. The van der Waals surface area contributed by atoms with Crippen molar-refractivity contribution in [1.82, 2.24) is 4.90 Å². The lowest BCUT2D eigenvalue weighted by Gasteiger charge is -2.20. The van der Waals surface area contributed by atoms with Crippen LogP contribution >= 0.6 is 12.2 Å². The third kappa shape index (κ3) is 8.37. The van der Waals surface area contributed by atoms with Crippen LogP contribution in [0, 0.1) is 0 Å². The molecule has 0 aliphatic carbocycles. The van der Waals surface area contributed by atoms with Crippen LogP contribution in [0.3, 0.4) is 0 Å². The Labute approximate surface area is 91.0 Å². The van der Waals surface area contributed by atoms with Gasteiger partial charge in [-0.15, -0.1) is 0 Å². The summed E-state index contributed by atoms with van der Waals surface area (Å²) >= 11 is 4.84. The summed E-state index contributed by atoms with van der Waals surface area (Å²) in [7, 11) is 0. The zero-order chi connectivity index (χ0) is 10.8. The van der Waals surface area contributed by atoms with E-state index >= 15 is 0 Å². The van der Waals surface area contributed by atoms with Crippen molar-refractivity contribution >= 4 is 17.2 Å². The standard InChI is InChI=1S/C9H20N2O2S/c1-2-3-11(8-9(10)14)4-6-13-7-5-12/h12H,2-8H2,1H3,(H2,10,14). The Morgan fingerprint density at radius 1 is 1.43 bits per heavy atom. The first-order valence-corrected chi connectivity index (χ1v) is 5.30. The first kappa shape index (κ1) is 13.8. The van der Waals surface area contributed by atoms with Crippen LogP contribution in [-0.2, 0) is 4.74 Å². The topological polar surface area (TPSA) is 58.7 Å². The molecule has 0 aromatic heterocycles. The van der Waals surface area contributed by atoms with Crippen LogP contribution in [0.5, 0.6) is 0 Å². The fraction of sp³-hybridized carbons (Fsp3) is 0.889. The zero-order valence-corrected chi connectivity index (χ0v) is 9.55. The van der Waals surface area contributed by atoms with Gasteiger partial charge in [-0.2, -0.15) is 0 Å². The first-order chi connectivity index (χ1) is 6.70. The molecule has 0 atom stereocenters. The number of nitrogens with zero attached hydrogens (tertiary/aromatic N) is 1. The van der Waals surface area contributed by atoms with E-state index in [1.807, 2.05) is 0 Å². The van der Waals surface area contributed by atoms with Crippen molar-refractivity contribution in [2.45, 2.75) is 13.3 Å². The Hall–Kier alpha value is -0.230. The van der Waals surface area contributed by atoms with Gasteiger partial charge in [-0.25, -0.2) is 0 Å². The van der Waals surface area contributed by atoms with Gasteiger partial charge in [-0.1, -0.05) is 19.1 Å². The van der Waals surface area contributed by atoms with Gasteiger partial charge >= 0.3 is 0 Å². The zero-order valence-electron chi connectivity index (χ0n) is 8.74. The third-order valence-corrected chi connectivity index (χ3v) is 1.84. The second-order valence-corrected chi connectivity index (χ2v) is 3.60. The van der Waals surface area contributed by atoms with Crippen molar-refractivity contribution in [3.63, 3.8) is 0 Å². The van der Waals surface area contributed by atoms with E-state index in [0.717, 1.165) is 19.5 Å². The van der Waals surface area contributed by atoms with Crippen LogP contribution in [-0.4, -0.2) is 54.4 Å². The number of aliphatic hydroxyl groups is 1. The average Bonchev–Trinajstić information content (AvgIpc) is 2.12. The van der Waals surface area contributed by atoms with Crippen LogP contribution in [0.15, 0.2) is 0 Å². The summed E-state index contributed by atoms with van der Waals surface area (Å²) in [6, 6.07) is 0. The summed E-state index contributed by atoms with van der Waals surface area (Å²) in [6.07, 6.45) is 1.07. The number of thiocarbonyl (C=S) groups is 1. The SMILES string of the molecule is CCCN(CCOCCO)CC(N)=S. The lowest BCUT2D eigenvalue weighted by atomic mass is 10.4. The Morgan fingerprint density at radius 3 is 2.64 bits per heavy atom. The van der Waals surface area contributed by atoms with E-state index in [-0.39, 0.29) is 6.61 Å². The lowest BCUT2D eigenvalue weighted by molar-refractivity contribution is 0.0766. The number of ether oxygens (including phenoxy) is 1. The Kier molecular flexibility index (Phi) is 9.18. The minimum atomic E-state index is 0.0725. The molecule has 0 saturated carbocycles. The molecule has 0 aromatic rings. The predicted molar refractivity (Wildman–Crippen MR) is 61.4 cm³/mol. The van der Waals surface area contributed by atoms with E-state index in [0.29, 0.717) is 24.7 Å². The molecular formula is C9H20N2O2S. The van der Waals surface area contributed by atoms with Gasteiger partial charge in [0.2, 0.25) is 0 Å². The number of rotatable bonds is 9. The highest BCUT2D eigenvalue weighted by molar-refractivity contribution is 7.80. The number of nitrogens with two attached hydrogens (primary N) is 1. The minimum Gasteiger partial charge on any atom is -0.394 e. The Balaban J connectivity index is 3.56. The molecule has 0 bridgehead atoms. The van der Waals surface area contributed by atoms with Gasteiger partial charge in [0, 0.05) is 13.1 Å². The van der Waals surface area contributed by atoms with Crippen molar-refractivity contribution in [2.24, 2.45) is 5.73 Å². The molecule has 4 nitrogen and oxygen atoms in total. The quantitative estimate of drug-likeness (QED) is 0.423. The molecular weight excluding hydrogens is 200 g/mol. The normalized spacial score (nSPS) is 10.8. The third-order valence-electron chi connectivity index (χ3n) is 1.71.